The molecule has 1 saturated heterocycles. The minimum Gasteiger partial charge on any atom is -0.394 e. The molecule has 5 heteroatoms. The number of methoxy groups -OCH3 is 2. The molecule has 13 heavy (non-hydrogen) atoms. The first-order valence-corrected chi connectivity index (χ1v) is 4.23. The molecule has 1 heterocycles. The van der Waals surface area contributed by atoms with Crippen LogP contribution in [0.3, 0.4) is 0 Å². The lowest BCUT2D eigenvalue weighted by atomic mass is 10.0. The van der Waals surface area contributed by atoms with E-state index < -0.39 is 18.5 Å². The Bertz CT molecular complexity index is 151. The van der Waals surface area contributed by atoms with Crippen molar-refractivity contribution >= 4 is 0 Å². The summed E-state index contributed by atoms with van der Waals surface area (Å²) in [5.41, 5.74) is 0. The second-order valence-electron chi connectivity index (χ2n) is 3.04. The SMILES string of the molecule is COC1CC(O)C(OC)OC1CO. The summed E-state index contributed by atoms with van der Waals surface area (Å²) in [6, 6.07) is 0. The third-order valence-corrected chi connectivity index (χ3v) is 2.23. The predicted octanol–water partition coefficient (Wildman–Crippen LogP) is -0.884. The van der Waals surface area contributed by atoms with Crippen molar-refractivity contribution in [2.45, 2.75) is 31.0 Å². The molecule has 1 aliphatic heterocycles. The fraction of sp³-hybridized carbons (Fsp3) is 1.00. The van der Waals surface area contributed by atoms with E-state index in [-0.39, 0.29) is 12.7 Å². The molecule has 0 aromatic carbocycles. The average Bonchev–Trinajstić information content (AvgIpc) is 2.17. The van der Waals surface area contributed by atoms with Gasteiger partial charge in [-0.25, -0.2) is 0 Å². The summed E-state index contributed by atoms with van der Waals surface area (Å²) in [6.45, 7) is -0.134. The molecule has 0 aliphatic carbocycles. The standard InChI is InChI=1S/C8H16O5/c1-11-6-3-5(10)8(12-2)13-7(6)4-9/h5-10H,3-4H2,1-2H3. The molecule has 78 valence electrons. The van der Waals surface area contributed by atoms with Gasteiger partial charge in [-0.3, -0.25) is 0 Å². The lowest BCUT2D eigenvalue weighted by Crippen LogP contribution is -2.50. The van der Waals surface area contributed by atoms with Crippen molar-refractivity contribution in [2.24, 2.45) is 0 Å². The van der Waals surface area contributed by atoms with E-state index in [9.17, 15) is 5.11 Å². The Morgan fingerprint density at radius 2 is 2.08 bits per heavy atom. The van der Waals surface area contributed by atoms with Gasteiger partial charge in [-0.05, 0) is 0 Å². The molecule has 0 spiro atoms. The minimum atomic E-state index is -0.697. The van der Waals surface area contributed by atoms with Gasteiger partial charge in [0.25, 0.3) is 0 Å². The summed E-state index contributed by atoms with van der Waals surface area (Å²) in [5, 5.41) is 18.4. The molecule has 1 rings (SSSR count). The molecule has 0 bridgehead atoms. The lowest BCUT2D eigenvalue weighted by Gasteiger charge is -2.37. The smallest absolute Gasteiger partial charge is 0.183 e. The van der Waals surface area contributed by atoms with Crippen molar-refractivity contribution in [2.75, 3.05) is 20.8 Å². The van der Waals surface area contributed by atoms with Crippen LogP contribution in [0.5, 0.6) is 0 Å². The molecule has 5 nitrogen and oxygen atoms in total. The van der Waals surface area contributed by atoms with Crippen LogP contribution in [0.2, 0.25) is 0 Å². The number of aliphatic hydroxyl groups excluding tert-OH is 2. The topological polar surface area (TPSA) is 68.2 Å². The highest BCUT2D eigenvalue weighted by molar-refractivity contribution is 4.81. The maximum atomic E-state index is 9.47. The van der Waals surface area contributed by atoms with Gasteiger partial charge in [-0.2, -0.15) is 0 Å². The Kier molecular flexibility index (Phi) is 4.08. The highest BCUT2D eigenvalue weighted by Crippen LogP contribution is 2.22. The number of hydrogen-bond donors (Lipinski definition) is 2. The third kappa shape index (κ3) is 2.38. The monoisotopic (exact) mass is 192 g/mol. The Balaban J connectivity index is 2.54. The van der Waals surface area contributed by atoms with Gasteiger partial charge in [0.15, 0.2) is 6.29 Å². The zero-order valence-corrected chi connectivity index (χ0v) is 7.84. The first kappa shape index (κ1) is 10.9. The summed E-state index contributed by atoms with van der Waals surface area (Å²) < 4.78 is 15.2. The van der Waals surface area contributed by atoms with Crippen LogP contribution in [-0.4, -0.2) is 55.6 Å². The Morgan fingerprint density at radius 1 is 1.38 bits per heavy atom. The van der Waals surface area contributed by atoms with Gasteiger partial charge in [-0.15, -0.1) is 0 Å². The number of hydrogen-bond acceptors (Lipinski definition) is 5. The number of aliphatic hydroxyl groups is 2. The van der Waals surface area contributed by atoms with E-state index in [2.05, 4.69) is 0 Å². The molecule has 4 atom stereocenters. The van der Waals surface area contributed by atoms with Crippen LogP contribution in [0.1, 0.15) is 6.42 Å². The van der Waals surface area contributed by atoms with Crippen molar-refractivity contribution in [3.8, 4) is 0 Å². The predicted molar refractivity (Wildman–Crippen MR) is 44.2 cm³/mol. The van der Waals surface area contributed by atoms with Gasteiger partial charge in [0.2, 0.25) is 0 Å². The molecule has 2 N–H and O–H groups in total. The molecule has 1 fully saturated rings. The van der Waals surface area contributed by atoms with Crippen LogP contribution in [0.4, 0.5) is 0 Å². The van der Waals surface area contributed by atoms with E-state index in [1.807, 2.05) is 0 Å². The van der Waals surface area contributed by atoms with Crippen molar-refractivity contribution < 1.29 is 24.4 Å². The normalized spacial score (nSPS) is 40.6. The molecular weight excluding hydrogens is 176 g/mol. The van der Waals surface area contributed by atoms with E-state index in [1.165, 1.54) is 14.2 Å². The lowest BCUT2D eigenvalue weighted by molar-refractivity contribution is -0.265. The first-order chi connectivity index (χ1) is 6.22. The van der Waals surface area contributed by atoms with Gasteiger partial charge >= 0.3 is 0 Å². The summed E-state index contributed by atoms with van der Waals surface area (Å²) in [5.74, 6) is 0. The summed E-state index contributed by atoms with van der Waals surface area (Å²) in [7, 11) is 2.98. The second kappa shape index (κ2) is 4.88. The van der Waals surface area contributed by atoms with Gasteiger partial charge in [0.05, 0.1) is 12.7 Å². The molecule has 0 amide bonds. The third-order valence-electron chi connectivity index (χ3n) is 2.23. The number of ether oxygens (including phenoxy) is 3. The van der Waals surface area contributed by atoms with Gasteiger partial charge < -0.3 is 24.4 Å². The fourth-order valence-corrected chi connectivity index (χ4v) is 1.47. The number of rotatable bonds is 3. The maximum Gasteiger partial charge on any atom is 0.183 e. The van der Waals surface area contributed by atoms with Crippen LogP contribution in [0.25, 0.3) is 0 Å². The Morgan fingerprint density at radius 3 is 2.54 bits per heavy atom. The van der Waals surface area contributed by atoms with Crippen LogP contribution >= 0.6 is 0 Å². The molecule has 0 radical (unpaired) electrons. The minimum absolute atomic E-state index is 0.134. The van der Waals surface area contributed by atoms with E-state index in [0.29, 0.717) is 6.42 Å². The Hall–Kier alpha value is -0.200. The summed E-state index contributed by atoms with van der Waals surface area (Å²) in [6.07, 6.45) is -1.63. The molecule has 0 aromatic heterocycles. The molecule has 0 aromatic rings. The van der Waals surface area contributed by atoms with E-state index in [4.69, 9.17) is 19.3 Å². The quantitative estimate of drug-likeness (QED) is 0.607. The molecular formula is C8H16O5. The van der Waals surface area contributed by atoms with Crippen LogP contribution in [-0.2, 0) is 14.2 Å². The van der Waals surface area contributed by atoms with Crippen molar-refractivity contribution in [3.63, 3.8) is 0 Å². The first-order valence-electron chi connectivity index (χ1n) is 4.23. The zero-order valence-electron chi connectivity index (χ0n) is 7.84. The highest BCUT2D eigenvalue weighted by atomic mass is 16.7. The van der Waals surface area contributed by atoms with Gasteiger partial charge in [0.1, 0.15) is 12.2 Å². The van der Waals surface area contributed by atoms with Crippen LogP contribution in [0, 0.1) is 0 Å². The molecule has 4 unspecified atom stereocenters. The summed E-state index contributed by atoms with van der Waals surface area (Å²) >= 11 is 0. The largest absolute Gasteiger partial charge is 0.394 e. The van der Waals surface area contributed by atoms with Crippen molar-refractivity contribution in [3.05, 3.63) is 0 Å². The average molecular weight is 192 g/mol. The van der Waals surface area contributed by atoms with Gasteiger partial charge in [0, 0.05) is 20.6 Å². The van der Waals surface area contributed by atoms with Crippen molar-refractivity contribution in [1.29, 1.82) is 0 Å². The summed E-state index contributed by atoms with van der Waals surface area (Å²) in [4.78, 5) is 0. The van der Waals surface area contributed by atoms with Crippen LogP contribution in [0.15, 0.2) is 0 Å². The van der Waals surface area contributed by atoms with Crippen LogP contribution < -0.4 is 0 Å². The maximum absolute atomic E-state index is 9.47. The molecule has 0 saturated carbocycles. The van der Waals surface area contributed by atoms with Crippen molar-refractivity contribution in [1.82, 2.24) is 0 Å². The Labute approximate surface area is 77.2 Å². The van der Waals surface area contributed by atoms with E-state index in [1.54, 1.807) is 0 Å². The van der Waals surface area contributed by atoms with Gasteiger partial charge in [-0.1, -0.05) is 0 Å². The fourth-order valence-electron chi connectivity index (χ4n) is 1.47. The molecule has 1 aliphatic rings. The second-order valence-corrected chi connectivity index (χ2v) is 3.04. The highest BCUT2D eigenvalue weighted by Gasteiger charge is 2.36. The van der Waals surface area contributed by atoms with E-state index >= 15 is 0 Å². The van der Waals surface area contributed by atoms with E-state index in [0.717, 1.165) is 0 Å². The zero-order chi connectivity index (χ0) is 9.84.